The molecule has 0 aromatic heterocycles. The maximum Gasteiger partial charge on any atom is 0.416 e. The molecule has 2 rings (SSSR count). The van der Waals surface area contributed by atoms with Crippen LogP contribution in [0.15, 0.2) is 18.2 Å². The molecule has 0 saturated heterocycles. The van der Waals surface area contributed by atoms with E-state index in [0.717, 1.165) is 23.6 Å². The van der Waals surface area contributed by atoms with Crippen molar-refractivity contribution in [1.29, 1.82) is 0 Å². The van der Waals surface area contributed by atoms with Gasteiger partial charge >= 0.3 is 6.18 Å². The van der Waals surface area contributed by atoms with Crippen LogP contribution in [0.3, 0.4) is 0 Å². The molecule has 4 heteroatoms. The zero-order valence-corrected chi connectivity index (χ0v) is 9.06. The van der Waals surface area contributed by atoms with Gasteiger partial charge in [0.1, 0.15) is 0 Å². The molecule has 2 N–H and O–H groups in total. The number of nitrogens with two attached hydrogens (primary N) is 1. The molecule has 1 aromatic carbocycles. The van der Waals surface area contributed by atoms with Crippen LogP contribution in [-0.4, -0.2) is 6.54 Å². The molecular formula is C12H14F3N. The van der Waals surface area contributed by atoms with Gasteiger partial charge in [-0.15, -0.1) is 0 Å². The summed E-state index contributed by atoms with van der Waals surface area (Å²) in [4.78, 5) is 0. The number of hydrogen-bond donors (Lipinski definition) is 1. The fourth-order valence-electron chi connectivity index (χ4n) is 2.27. The maximum atomic E-state index is 12.5. The number of rotatable bonds is 1. The van der Waals surface area contributed by atoms with Crippen molar-refractivity contribution in [2.45, 2.75) is 25.9 Å². The molecule has 0 fully saturated rings. The summed E-state index contributed by atoms with van der Waals surface area (Å²) < 4.78 is 37.5. The molecule has 1 aliphatic carbocycles. The monoisotopic (exact) mass is 229 g/mol. The Labute approximate surface area is 92.5 Å². The Morgan fingerprint density at radius 2 is 1.88 bits per heavy atom. The Balaban J connectivity index is 2.35. The van der Waals surface area contributed by atoms with E-state index in [0.29, 0.717) is 13.0 Å². The third-order valence-electron chi connectivity index (χ3n) is 3.26. The highest BCUT2D eigenvalue weighted by atomic mass is 19.4. The van der Waals surface area contributed by atoms with E-state index in [4.69, 9.17) is 5.73 Å². The lowest BCUT2D eigenvalue weighted by Crippen LogP contribution is -2.27. The van der Waals surface area contributed by atoms with Gasteiger partial charge in [0.15, 0.2) is 0 Å². The Kier molecular flexibility index (Phi) is 2.49. The molecule has 16 heavy (non-hydrogen) atoms. The van der Waals surface area contributed by atoms with Crippen molar-refractivity contribution in [3.63, 3.8) is 0 Å². The van der Waals surface area contributed by atoms with Gasteiger partial charge in [-0.1, -0.05) is 13.0 Å². The molecule has 1 atom stereocenters. The summed E-state index contributed by atoms with van der Waals surface area (Å²) in [6.07, 6.45) is -2.84. The fourth-order valence-corrected chi connectivity index (χ4v) is 2.27. The van der Waals surface area contributed by atoms with Gasteiger partial charge in [0, 0.05) is 0 Å². The van der Waals surface area contributed by atoms with Gasteiger partial charge < -0.3 is 5.73 Å². The van der Waals surface area contributed by atoms with Gasteiger partial charge in [-0.25, -0.2) is 0 Å². The Bertz CT molecular complexity index is 411. The quantitative estimate of drug-likeness (QED) is 0.787. The molecule has 0 heterocycles. The first-order chi connectivity index (χ1) is 7.34. The Morgan fingerprint density at radius 3 is 2.44 bits per heavy atom. The summed E-state index contributed by atoms with van der Waals surface area (Å²) in [6, 6.07) is 4.00. The van der Waals surface area contributed by atoms with Crippen LogP contribution in [0.2, 0.25) is 0 Å². The van der Waals surface area contributed by atoms with Gasteiger partial charge in [0.2, 0.25) is 0 Å². The van der Waals surface area contributed by atoms with Crippen molar-refractivity contribution in [3.8, 4) is 0 Å². The first-order valence-electron chi connectivity index (χ1n) is 5.23. The third kappa shape index (κ3) is 1.94. The van der Waals surface area contributed by atoms with Crippen molar-refractivity contribution >= 4 is 0 Å². The number of fused-ring (bicyclic) bond motifs is 1. The molecule has 1 aliphatic rings. The smallest absolute Gasteiger partial charge is 0.330 e. The highest BCUT2D eigenvalue weighted by Gasteiger charge is 2.35. The van der Waals surface area contributed by atoms with E-state index in [1.54, 1.807) is 6.07 Å². The second-order valence-corrected chi connectivity index (χ2v) is 4.85. The SMILES string of the molecule is CC1(CN)Cc2ccc(C(F)(F)F)cc2C1. The van der Waals surface area contributed by atoms with E-state index >= 15 is 0 Å². The summed E-state index contributed by atoms with van der Waals surface area (Å²) in [5, 5.41) is 0. The minimum atomic E-state index is -4.25. The normalized spacial score (nSPS) is 24.6. The van der Waals surface area contributed by atoms with Gasteiger partial charge in [0.05, 0.1) is 5.56 Å². The van der Waals surface area contributed by atoms with Crippen molar-refractivity contribution in [1.82, 2.24) is 0 Å². The van der Waals surface area contributed by atoms with Crippen LogP contribution >= 0.6 is 0 Å². The van der Waals surface area contributed by atoms with E-state index in [1.165, 1.54) is 6.07 Å². The Morgan fingerprint density at radius 1 is 1.25 bits per heavy atom. The maximum absolute atomic E-state index is 12.5. The van der Waals surface area contributed by atoms with E-state index < -0.39 is 11.7 Å². The molecule has 1 nitrogen and oxygen atoms in total. The summed E-state index contributed by atoms with van der Waals surface area (Å²) >= 11 is 0. The highest BCUT2D eigenvalue weighted by molar-refractivity contribution is 5.38. The van der Waals surface area contributed by atoms with Gasteiger partial charge in [-0.05, 0) is 48.1 Å². The van der Waals surface area contributed by atoms with Crippen molar-refractivity contribution in [3.05, 3.63) is 34.9 Å². The summed E-state index contributed by atoms with van der Waals surface area (Å²) in [6.45, 7) is 2.52. The zero-order chi connectivity index (χ0) is 12.0. The lowest BCUT2D eigenvalue weighted by molar-refractivity contribution is -0.137. The lowest BCUT2D eigenvalue weighted by Gasteiger charge is -2.20. The molecule has 88 valence electrons. The highest BCUT2D eigenvalue weighted by Crippen LogP contribution is 2.39. The topological polar surface area (TPSA) is 26.0 Å². The summed E-state index contributed by atoms with van der Waals surface area (Å²) in [5.41, 5.74) is 6.80. The van der Waals surface area contributed by atoms with Crippen LogP contribution < -0.4 is 5.73 Å². The number of alkyl halides is 3. The van der Waals surface area contributed by atoms with Crippen LogP contribution in [0.4, 0.5) is 13.2 Å². The molecule has 0 radical (unpaired) electrons. The van der Waals surface area contributed by atoms with Crippen molar-refractivity contribution in [2.24, 2.45) is 11.1 Å². The minimum absolute atomic E-state index is 0.0768. The minimum Gasteiger partial charge on any atom is -0.330 e. The number of halogens is 3. The molecule has 1 aromatic rings. The lowest BCUT2D eigenvalue weighted by atomic mass is 9.88. The Hall–Kier alpha value is -1.03. The van der Waals surface area contributed by atoms with Crippen LogP contribution in [0.1, 0.15) is 23.6 Å². The molecule has 1 unspecified atom stereocenters. The predicted octanol–water partition coefficient (Wildman–Crippen LogP) is 2.77. The molecule has 0 aliphatic heterocycles. The molecule has 0 amide bonds. The van der Waals surface area contributed by atoms with Crippen LogP contribution in [0, 0.1) is 5.41 Å². The predicted molar refractivity (Wildman–Crippen MR) is 56.0 cm³/mol. The third-order valence-corrected chi connectivity index (χ3v) is 3.26. The number of hydrogen-bond acceptors (Lipinski definition) is 1. The largest absolute Gasteiger partial charge is 0.416 e. The molecule has 0 bridgehead atoms. The van der Waals surface area contributed by atoms with E-state index in [9.17, 15) is 13.2 Å². The van der Waals surface area contributed by atoms with Crippen LogP contribution in [0.25, 0.3) is 0 Å². The van der Waals surface area contributed by atoms with E-state index in [1.807, 2.05) is 6.92 Å². The van der Waals surface area contributed by atoms with E-state index in [2.05, 4.69) is 0 Å². The average Bonchev–Trinajstić information content (AvgIpc) is 2.52. The standard InChI is InChI=1S/C12H14F3N/c1-11(7-16)5-8-2-3-10(12(13,14)15)4-9(8)6-11/h2-4H,5-7,16H2,1H3. The van der Waals surface area contributed by atoms with Gasteiger partial charge in [-0.3, -0.25) is 0 Å². The molecule has 0 saturated carbocycles. The zero-order valence-electron chi connectivity index (χ0n) is 9.06. The van der Waals surface area contributed by atoms with Crippen molar-refractivity contribution in [2.75, 3.05) is 6.54 Å². The second kappa shape index (κ2) is 3.48. The second-order valence-electron chi connectivity index (χ2n) is 4.85. The summed E-state index contributed by atoms with van der Waals surface area (Å²) in [7, 11) is 0. The van der Waals surface area contributed by atoms with Crippen LogP contribution in [-0.2, 0) is 19.0 Å². The van der Waals surface area contributed by atoms with Gasteiger partial charge in [0.25, 0.3) is 0 Å². The molecular weight excluding hydrogens is 215 g/mol. The fraction of sp³-hybridized carbons (Fsp3) is 0.500. The van der Waals surface area contributed by atoms with E-state index in [-0.39, 0.29) is 5.41 Å². The first kappa shape index (κ1) is 11.5. The number of benzene rings is 1. The van der Waals surface area contributed by atoms with Crippen LogP contribution in [0.5, 0.6) is 0 Å². The first-order valence-corrected chi connectivity index (χ1v) is 5.23. The van der Waals surface area contributed by atoms with Gasteiger partial charge in [-0.2, -0.15) is 13.2 Å². The molecule has 0 spiro atoms. The van der Waals surface area contributed by atoms with Crippen molar-refractivity contribution < 1.29 is 13.2 Å². The average molecular weight is 229 g/mol. The summed E-state index contributed by atoms with van der Waals surface area (Å²) in [5.74, 6) is 0.